The van der Waals surface area contributed by atoms with Gasteiger partial charge in [0, 0.05) is 32.9 Å². The molecule has 2 aromatic rings. The van der Waals surface area contributed by atoms with Crippen LogP contribution >= 0.6 is 0 Å². The number of ether oxygens (including phenoxy) is 1. The Morgan fingerprint density at radius 3 is 2.72 bits per heavy atom. The van der Waals surface area contributed by atoms with Crippen LogP contribution in [0.4, 0.5) is 4.39 Å². The van der Waals surface area contributed by atoms with Gasteiger partial charge in [0.15, 0.2) is 0 Å². The van der Waals surface area contributed by atoms with E-state index in [4.69, 9.17) is 4.74 Å². The van der Waals surface area contributed by atoms with E-state index in [9.17, 15) is 4.39 Å². The quantitative estimate of drug-likeness (QED) is 0.852. The normalized spacial score (nSPS) is 29.7. The van der Waals surface area contributed by atoms with Gasteiger partial charge in [-0.15, -0.1) is 0 Å². The van der Waals surface area contributed by atoms with Gasteiger partial charge in [0.05, 0.1) is 18.3 Å². The van der Waals surface area contributed by atoms with E-state index in [-0.39, 0.29) is 11.9 Å². The van der Waals surface area contributed by atoms with Gasteiger partial charge < -0.3 is 4.74 Å². The van der Waals surface area contributed by atoms with Crippen LogP contribution in [0.15, 0.2) is 36.7 Å². The van der Waals surface area contributed by atoms with Crippen molar-refractivity contribution in [3.63, 3.8) is 0 Å². The van der Waals surface area contributed by atoms with Gasteiger partial charge in [0.1, 0.15) is 5.82 Å². The number of nitrogens with zero attached hydrogens (tertiary/aromatic N) is 3. The molecule has 1 saturated carbocycles. The lowest BCUT2D eigenvalue weighted by Gasteiger charge is -2.37. The highest BCUT2D eigenvalue weighted by atomic mass is 19.1. The monoisotopic (exact) mass is 343 g/mol. The van der Waals surface area contributed by atoms with Crippen LogP contribution in [0.25, 0.3) is 0 Å². The second kappa shape index (κ2) is 6.89. The van der Waals surface area contributed by atoms with Crippen LogP contribution in [0.3, 0.4) is 0 Å². The predicted octanol–water partition coefficient (Wildman–Crippen LogP) is 3.43. The molecule has 2 fully saturated rings. The van der Waals surface area contributed by atoms with Crippen molar-refractivity contribution in [3.05, 3.63) is 53.6 Å². The van der Waals surface area contributed by atoms with Crippen LogP contribution < -0.4 is 0 Å². The summed E-state index contributed by atoms with van der Waals surface area (Å²) in [6, 6.07) is 7.28. The molecule has 0 unspecified atom stereocenters. The minimum Gasteiger partial charge on any atom is -0.379 e. The molecule has 134 valence electrons. The topological polar surface area (TPSA) is 30.3 Å². The molecular weight excluding hydrogens is 317 g/mol. The number of hydrogen-bond acceptors (Lipinski definition) is 3. The van der Waals surface area contributed by atoms with Gasteiger partial charge in [-0.25, -0.2) is 4.39 Å². The molecule has 0 N–H and O–H groups in total. The van der Waals surface area contributed by atoms with E-state index in [0.717, 1.165) is 38.0 Å². The van der Waals surface area contributed by atoms with Gasteiger partial charge >= 0.3 is 0 Å². The second-order valence-corrected chi connectivity index (χ2v) is 7.65. The minimum atomic E-state index is -0.150. The van der Waals surface area contributed by atoms with Crippen LogP contribution in [-0.2, 0) is 11.3 Å². The van der Waals surface area contributed by atoms with Crippen LogP contribution in [0.1, 0.15) is 30.0 Å². The van der Waals surface area contributed by atoms with Crippen molar-refractivity contribution in [1.29, 1.82) is 0 Å². The highest BCUT2D eigenvalue weighted by Gasteiger charge is 2.43. The maximum atomic E-state index is 13.4. The molecule has 0 bridgehead atoms. The zero-order valence-electron chi connectivity index (χ0n) is 14.9. The average molecular weight is 343 g/mol. The van der Waals surface area contributed by atoms with Crippen molar-refractivity contribution in [2.75, 3.05) is 20.2 Å². The molecule has 2 heterocycles. The second-order valence-electron chi connectivity index (χ2n) is 7.65. The summed E-state index contributed by atoms with van der Waals surface area (Å²) in [5, 5.41) is 4.53. The molecular formula is C20H26FN3O. The van der Waals surface area contributed by atoms with E-state index in [0.29, 0.717) is 17.9 Å². The molecule has 0 radical (unpaired) electrons. The van der Waals surface area contributed by atoms with Crippen LogP contribution in [0.2, 0.25) is 0 Å². The highest BCUT2D eigenvalue weighted by molar-refractivity contribution is 5.16. The molecule has 2 aliphatic rings. The number of halogens is 1. The zero-order chi connectivity index (χ0) is 17.4. The summed E-state index contributed by atoms with van der Waals surface area (Å²) < 4.78 is 21.3. The number of rotatable bonds is 4. The standard InChI is InChI=1S/C20H26FN3O/c1-14-9-22-24(10-14)19-7-16-12-23(13-17(16)8-20(19)25-2)11-15-4-3-5-18(21)6-15/h3-6,9-10,16-17,19-20H,7-8,11-13H2,1-2H3/t16-,17+,19-,20-/m0/s1. The summed E-state index contributed by atoms with van der Waals surface area (Å²) >= 11 is 0. The summed E-state index contributed by atoms with van der Waals surface area (Å²) in [7, 11) is 1.81. The van der Waals surface area contributed by atoms with Crippen molar-refractivity contribution < 1.29 is 9.13 Å². The number of fused-ring (bicyclic) bond motifs is 1. The van der Waals surface area contributed by atoms with Crippen LogP contribution in [-0.4, -0.2) is 41.0 Å². The maximum absolute atomic E-state index is 13.4. The lowest BCUT2D eigenvalue weighted by molar-refractivity contribution is -0.00488. The molecule has 1 saturated heterocycles. The van der Waals surface area contributed by atoms with Gasteiger partial charge in [0.2, 0.25) is 0 Å². The molecule has 4 rings (SSSR count). The van der Waals surface area contributed by atoms with E-state index < -0.39 is 0 Å². The molecule has 4 atom stereocenters. The average Bonchev–Trinajstić information content (AvgIpc) is 3.18. The van der Waals surface area contributed by atoms with Crippen molar-refractivity contribution in [2.24, 2.45) is 11.8 Å². The molecule has 1 aromatic carbocycles. The number of likely N-dealkylation sites (tertiary alicyclic amines) is 1. The molecule has 25 heavy (non-hydrogen) atoms. The summed E-state index contributed by atoms with van der Waals surface area (Å²) in [6.07, 6.45) is 6.43. The fourth-order valence-electron chi connectivity index (χ4n) is 4.66. The lowest BCUT2D eigenvalue weighted by Crippen LogP contribution is -2.37. The number of benzene rings is 1. The fourth-order valence-corrected chi connectivity index (χ4v) is 4.66. The molecule has 0 spiro atoms. The van der Waals surface area contributed by atoms with Crippen molar-refractivity contribution >= 4 is 0 Å². The molecule has 5 heteroatoms. The lowest BCUT2D eigenvalue weighted by atomic mass is 9.77. The zero-order valence-corrected chi connectivity index (χ0v) is 14.9. The first-order chi connectivity index (χ1) is 12.1. The Bertz CT molecular complexity index is 731. The van der Waals surface area contributed by atoms with Gasteiger partial charge in [-0.3, -0.25) is 9.58 Å². The third kappa shape index (κ3) is 3.48. The Morgan fingerprint density at radius 1 is 1.24 bits per heavy atom. The summed E-state index contributed by atoms with van der Waals surface area (Å²) in [6.45, 7) is 5.06. The van der Waals surface area contributed by atoms with Crippen LogP contribution in [0.5, 0.6) is 0 Å². The van der Waals surface area contributed by atoms with E-state index >= 15 is 0 Å². The van der Waals surface area contributed by atoms with Crippen molar-refractivity contribution in [3.8, 4) is 0 Å². The first-order valence-electron chi connectivity index (χ1n) is 9.12. The Hall–Kier alpha value is -1.72. The van der Waals surface area contributed by atoms with Gasteiger partial charge in [-0.05, 0) is 54.9 Å². The Balaban J connectivity index is 1.45. The van der Waals surface area contributed by atoms with E-state index in [1.165, 1.54) is 11.6 Å². The largest absolute Gasteiger partial charge is 0.379 e. The molecule has 1 aromatic heterocycles. The third-order valence-electron chi connectivity index (χ3n) is 5.83. The van der Waals surface area contributed by atoms with Gasteiger partial charge in [-0.2, -0.15) is 5.10 Å². The summed E-state index contributed by atoms with van der Waals surface area (Å²) in [4.78, 5) is 2.47. The molecule has 1 aliphatic heterocycles. The third-order valence-corrected chi connectivity index (χ3v) is 5.83. The van der Waals surface area contributed by atoms with E-state index in [1.54, 1.807) is 12.1 Å². The Morgan fingerprint density at radius 2 is 2.04 bits per heavy atom. The van der Waals surface area contributed by atoms with Gasteiger partial charge in [0.25, 0.3) is 0 Å². The summed E-state index contributed by atoms with van der Waals surface area (Å²) in [5.74, 6) is 1.17. The van der Waals surface area contributed by atoms with Crippen LogP contribution in [0, 0.1) is 24.6 Å². The summed E-state index contributed by atoms with van der Waals surface area (Å²) in [5.41, 5.74) is 2.25. The molecule has 1 aliphatic carbocycles. The highest BCUT2D eigenvalue weighted by Crippen LogP contribution is 2.42. The van der Waals surface area contributed by atoms with E-state index in [1.807, 2.05) is 19.4 Å². The SMILES string of the molecule is CO[C@H]1C[C@@H]2CN(Cc3cccc(F)c3)C[C@@H]2C[C@@H]1n1cc(C)cn1. The predicted molar refractivity (Wildman–Crippen MR) is 94.7 cm³/mol. The number of hydrogen-bond donors (Lipinski definition) is 0. The fraction of sp³-hybridized carbons (Fsp3) is 0.550. The van der Waals surface area contributed by atoms with E-state index in [2.05, 4.69) is 27.8 Å². The first kappa shape index (κ1) is 16.7. The minimum absolute atomic E-state index is 0.150. The Labute approximate surface area is 148 Å². The maximum Gasteiger partial charge on any atom is 0.123 e. The Kier molecular flexibility index (Phi) is 4.61. The van der Waals surface area contributed by atoms with Crippen molar-refractivity contribution in [1.82, 2.24) is 14.7 Å². The number of methoxy groups -OCH3 is 1. The number of aryl methyl sites for hydroxylation is 1. The van der Waals surface area contributed by atoms with Gasteiger partial charge in [-0.1, -0.05) is 12.1 Å². The van der Waals surface area contributed by atoms with Crippen molar-refractivity contribution in [2.45, 2.75) is 38.5 Å². The smallest absolute Gasteiger partial charge is 0.123 e. The molecule has 4 nitrogen and oxygen atoms in total. The first-order valence-corrected chi connectivity index (χ1v) is 9.12. The molecule has 0 amide bonds. The number of aromatic nitrogens is 2.